The van der Waals surface area contributed by atoms with E-state index in [0.717, 1.165) is 28.1 Å². The highest BCUT2D eigenvalue weighted by Gasteiger charge is 2.26. The molecule has 0 saturated heterocycles. The van der Waals surface area contributed by atoms with Crippen LogP contribution in [0, 0.1) is 6.92 Å². The lowest BCUT2D eigenvalue weighted by molar-refractivity contribution is -0.117. The number of aliphatic imine (C=N–C) groups is 1. The number of para-hydroxylation sites is 1. The Balaban J connectivity index is 1.52. The Kier molecular flexibility index (Phi) is 5.33. The smallest absolute Gasteiger partial charge is 0.249 e. The Labute approximate surface area is 191 Å². The minimum atomic E-state index is -0.0879. The van der Waals surface area contributed by atoms with Gasteiger partial charge in [-0.05, 0) is 31.2 Å². The van der Waals surface area contributed by atoms with Gasteiger partial charge in [0, 0.05) is 21.7 Å². The summed E-state index contributed by atoms with van der Waals surface area (Å²) in [6.45, 7) is 2.22. The molecule has 2 heterocycles. The number of aromatic nitrogens is 1. The minimum absolute atomic E-state index is 0.0664. The fourth-order valence-electron chi connectivity index (χ4n) is 3.85. The molecule has 0 fully saturated rings. The van der Waals surface area contributed by atoms with Crippen LogP contribution in [0.15, 0.2) is 88.3 Å². The summed E-state index contributed by atoms with van der Waals surface area (Å²) in [7, 11) is 0. The van der Waals surface area contributed by atoms with Crippen LogP contribution in [0.1, 0.15) is 22.6 Å². The maximum absolute atomic E-state index is 13.1. The zero-order valence-electron chi connectivity index (χ0n) is 17.5. The van der Waals surface area contributed by atoms with E-state index in [1.807, 2.05) is 79.7 Å². The number of rotatable bonds is 4. The second-order valence-corrected chi connectivity index (χ2v) is 8.00. The Morgan fingerprint density at radius 2 is 1.72 bits per heavy atom. The van der Waals surface area contributed by atoms with Crippen LogP contribution in [-0.4, -0.2) is 23.1 Å². The first-order chi connectivity index (χ1) is 15.6. The van der Waals surface area contributed by atoms with Crippen molar-refractivity contribution in [1.29, 1.82) is 0 Å². The summed E-state index contributed by atoms with van der Waals surface area (Å²) in [4.78, 5) is 24.2. The molecule has 5 rings (SSSR count). The number of carbonyl (C=O) groups is 1. The van der Waals surface area contributed by atoms with E-state index >= 15 is 0 Å². The molecule has 0 unspecified atom stereocenters. The SMILES string of the molecule is Cc1oc(-c2cccc(Cl)c2)nc1CN1C(=O)CN=C(c2ccccc2)c2ccccc21. The lowest BCUT2D eigenvalue weighted by Crippen LogP contribution is -2.32. The van der Waals surface area contributed by atoms with E-state index in [2.05, 4.69) is 9.98 Å². The average Bonchev–Trinajstić information content (AvgIpc) is 3.12. The number of hydrogen-bond donors (Lipinski definition) is 0. The lowest BCUT2D eigenvalue weighted by atomic mass is 10.00. The number of anilines is 1. The summed E-state index contributed by atoms with van der Waals surface area (Å²) in [5, 5.41) is 0.613. The second-order valence-electron chi connectivity index (χ2n) is 7.56. The zero-order chi connectivity index (χ0) is 22.1. The molecule has 0 saturated carbocycles. The van der Waals surface area contributed by atoms with Crippen molar-refractivity contribution >= 4 is 28.9 Å². The maximum Gasteiger partial charge on any atom is 0.249 e. The Morgan fingerprint density at radius 1 is 0.969 bits per heavy atom. The van der Waals surface area contributed by atoms with Crippen LogP contribution in [0.5, 0.6) is 0 Å². The van der Waals surface area contributed by atoms with Gasteiger partial charge in [-0.3, -0.25) is 9.79 Å². The number of nitrogens with zero attached hydrogens (tertiary/aromatic N) is 3. The molecule has 0 atom stereocenters. The third kappa shape index (κ3) is 3.83. The molecule has 1 amide bonds. The lowest BCUT2D eigenvalue weighted by Gasteiger charge is -2.22. The van der Waals surface area contributed by atoms with Crippen molar-refractivity contribution in [3.05, 3.63) is 106 Å². The summed E-state index contributed by atoms with van der Waals surface area (Å²) >= 11 is 6.12. The van der Waals surface area contributed by atoms with Crippen molar-refractivity contribution < 1.29 is 9.21 Å². The van der Waals surface area contributed by atoms with Gasteiger partial charge in [-0.15, -0.1) is 0 Å². The molecule has 5 nitrogen and oxygen atoms in total. The molecular weight excluding hydrogens is 422 g/mol. The van der Waals surface area contributed by atoms with Crippen LogP contribution in [0.2, 0.25) is 5.02 Å². The number of carbonyl (C=O) groups excluding carboxylic acids is 1. The normalized spacial score (nSPS) is 13.5. The summed E-state index contributed by atoms with van der Waals surface area (Å²) < 4.78 is 5.91. The van der Waals surface area contributed by atoms with Gasteiger partial charge in [-0.1, -0.05) is 66.2 Å². The molecule has 1 aromatic heterocycles. The molecule has 3 aromatic carbocycles. The van der Waals surface area contributed by atoms with Crippen LogP contribution < -0.4 is 4.90 Å². The quantitative estimate of drug-likeness (QED) is 0.409. The summed E-state index contributed by atoms with van der Waals surface area (Å²) in [5.74, 6) is 1.06. The molecule has 0 bridgehead atoms. The predicted molar refractivity (Wildman–Crippen MR) is 126 cm³/mol. The van der Waals surface area contributed by atoms with Gasteiger partial charge in [0.2, 0.25) is 11.8 Å². The standard InChI is InChI=1S/C26H20ClN3O2/c1-17-22(29-26(32-17)19-10-7-11-20(27)14-19)16-30-23-13-6-5-12-21(23)25(28-15-24(30)31)18-8-3-2-4-9-18/h2-14H,15-16H2,1H3. The highest BCUT2D eigenvalue weighted by molar-refractivity contribution is 6.30. The Hall–Kier alpha value is -3.70. The van der Waals surface area contributed by atoms with E-state index in [0.29, 0.717) is 28.9 Å². The number of halogens is 1. The van der Waals surface area contributed by atoms with Gasteiger partial charge in [0.05, 0.1) is 17.9 Å². The fourth-order valence-corrected chi connectivity index (χ4v) is 4.04. The van der Waals surface area contributed by atoms with Gasteiger partial charge in [0.25, 0.3) is 0 Å². The number of hydrogen-bond acceptors (Lipinski definition) is 4. The molecular formula is C26H20ClN3O2. The fraction of sp³-hybridized carbons (Fsp3) is 0.115. The van der Waals surface area contributed by atoms with Crippen LogP contribution >= 0.6 is 11.6 Å². The van der Waals surface area contributed by atoms with Crippen molar-refractivity contribution in [3.8, 4) is 11.5 Å². The molecule has 0 radical (unpaired) electrons. The summed E-state index contributed by atoms with van der Waals surface area (Å²) in [6, 6.07) is 25.1. The molecule has 4 aromatic rings. The molecule has 0 N–H and O–H groups in total. The van der Waals surface area contributed by atoms with E-state index in [9.17, 15) is 4.79 Å². The molecule has 32 heavy (non-hydrogen) atoms. The average molecular weight is 442 g/mol. The van der Waals surface area contributed by atoms with Crippen molar-refractivity contribution in [2.75, 3.05) is 11.4 Å². The monoisotopic (exact) mass is 441 g/mol. The van der Waals surface area contributed by atoms with Gasteiger partial charge < -0.3 is 9.32 Å². The van der Waals surface area contributed by atoms with Crippen LogP contribution in [0.25, 0.3) is 11.5 Å². The summed E-state index contributed by atoms with van der Waals surface area (Å²) in [5.41, 5.74) is 5.02. The number of benzene rings is 3. The van der Waals surface area contributed by atoms with E-state index in [1.54, 1.807) is 11.0 Å². The molecule has 0 aliphatic carbocycles. The first kappa shape index (κ1) is 20.2. The predicted octanol–water partition coefficient (Wildman–Crippen LogP) is 5.69. The van der Waals surface area contributed by atoms with E-state index in [1.165, 1.54) is 0 Å². The van der Waals surface area contributed by atoms with Crippen molar-refractivity contribution in [2.45, 2.75) is 13.5 Å². The topological polar surface area (TPSA) is 58.7 Å². The number of benzodiazepines with no additional fused rings is 1. The van der Waals surface area contributed by atoms with Gasteiger partial charge in [0.1, 0.15) is 18.0 Å². The Morgan fingerprint density at radius 3 is 2.53 bits per heavy atom. The largest absolute Gasteiger partial charge is 0.441 e. The highest BCUT2D eigenvalue weighted by atomic mass is 35.5. The number of aryl methyl sites for hydroxylation is 1. The van der Waals surface area contributed by atoms with Crippen molar-refractivity contribution in [1.82, 2.24) is 4.98 Å². The third-order valence-electron chi connectivity index (χ3n) is 5.44. The van der Waals surface area contributed by atoms with Gasteiger partial charge in [-0.25, -0.2) is 4.98 Å². The molecule has 0 spiro atoms. The maximum atomic E-state index is 13.1. The molecule has 6 heteroatoms. The molecule has 158 valence electrons. The third-order valence-corrected chi connectivity index (χ3v) is 5.68. The van der Waals surface area contributed by atoms with Crippen LogP contribution in [-0.2, 0) is 11.3 Å². The van der Waals surface area contributed by atoms with Gasteiger partial charge in [0.15, 0.2) is 0 Å². The van der Waals surface area contributed by atoms with Crippen molar-refractivity contribution in [3.63, 3.8) is 0 Å². The molecule has 1 aliphatic heterocycles. The van der Waals surface area contributed by atoms with E-state index < -0.39 is 0 Å². The highest BCUT2D eigenvalue weighted by Crippen LogP contribution is 2.30. The van der Waals surface area contributed by atoms with E-state index in [-0.39, 0.29) is 12.5 Å². The van der Waals surface area contributed by atoms with E-state index in [4.69, 9.17) is 16.0 Å². The minimum Gasteiger partial charge on any atom is -0.441 e. The number of oxazole rings is 1. The van der Waals surface area contributed by atoms with Crippen molar-refractivity contribution in [2.24, 2.45) is 4.99 Å². The van der Waals surface area contributed by atoms with Crippen LogP contribution in [0.4, 0.5) is 5.69 Å². The summed E-state index contributed by atoms with van der Waals surface area (Å²) in [6.07, 6.45) is 0. The van der Waals surface area contributed by atoms with Gasteiger partial charge in [-0.2, -0.15) is 0 Å². The van der Waals surface area contributed by atoms with Gasteiger partial charge >= 0.3 is 0 Å². The second kappa shape index (κ2) is 8.44. The first-order valence-corrected chi connectivity index (χ1v) is 10.7. The first-order valence-electron chi connectivity index (χ1n) is 10.3. The number of fused-ring (bicyclic) bond motifs is 1. The zero-order valence-corrected chi connectivity index (χ0v) is 18.2. The van der Waals surface area contributed by atoms with Crippen LogP contribution in [0.3, 0.4) is 0 Å². The number of amides is 1. The Bertz CT molecular complexity index is 1330. The molecule has 1 aliphatic rings.